The van der Waals surface area contributed by atoms with Gasteiger partial charge in [0, 0.05) is 41.4 Å². The number of hydrogen-bond donors (Lipinski definition) is 1. The van der Waals surface area contributed by atoms with Gasteiger partial charge in [-0.1, -0.05) is 6.92 Å². The van der Waals surface area contributed by atoms with Crippen LogP contribution in [-0.4, -0.2) is 42.0 Å². The lowest BCUT2D eigenvalue weighted by Crippen LogP contribution is -2.27. The fraction of sp³-hybridized carbons (Fsp3) is 0.304. The zero-order valence-corrected chi connectivity index (χ0v) is 18.6. The topological polar surface area (TPSA) is 111 Å². The number of ketones is 1. The molecule has 4 heterocycles. The van der Waals surface area contributed by atoms with Crippen LogP contribution >= 0.6 is 0 Å². The van der Waals surface area contributed by atoms with Gasteiger partial charge in [-0.3, -0.25) is 15.1 Å². The predicted octanol–water partition coefficient (Wildman–Crippen LogP) is 4.59. The lowest BCUT2D eigenvalue weighted by atomic mass is 10.0. The second-order valence-corrected chi connectivity index (χ2v) is 8.47. The molecule has 4 rings (SSSR count). The van der Waals surface area contributed by atoms with Crippen LogP contribution in [0, 0.1) is 6.92 Å². The van der Waals surface area contributed by atoms with Crippen molar-refractivity contribution in [3.05, 3.63) is 48.2 Å². The Hall–Kier alpha value is -3.88. The highest BCUT2D eigenvalue weighted by molar-refractivity contribution is 5.96. The van der Waals surface area contributed by atoms with E-state index in [2.05, 4.69) is 25.4 Å². The molecule has 0 saturated carbocycles. The molecule has 0 radical (unpaired) electrons. The van der Waals surface area contributed by atoms with E-state index in [-0.39, 0.29) is 5.78 Å². The number of ether oxygens (including phenoxy) is 1. The van der Waals surface area contributed by atoms with Gasteiger partial charge in [-0.2, -0.15) is 5.10 Å². The number of carbonyl (C=O) groups is 2. The average Bonchev–Trinajstić information content (AvgIpc) is 3.21. The van der Waals surface area contributed by atoms with Crippen LogP contribution in [0.15, 0.2) is 36.9 Å². The fourth-order valence-corrected chi connectivity index (χ4v) is 3.42. The molecule has 0 aliphatic carbocycles. The van der Waals surface area contributed by atoms with Crippen LogP contribution in [0.5, 0.6) is 0 Å². The van der Waals surface area contributed by atoms with Crippen LogP contribution < -0.4 is 5.32 Å². The summed E-state index contributed by atoms with van der Waals surface area (Å²) in [6.07, 6.45) is 4.64. The number of rotatable bonds is 4. The molecule has 0 aliphatic rings. The summed E-state index contributed by atoms with van der Waals surface area (Å²) >= 11 is 0. The first kappa shape index (κ1) is 21.4. The first-order valence-corrected chi connectivity index (χ1v) is 10.3. The number of nitrogens with one attached hydrogen (secondary N) is 1. The quantitative estimate of drug-likeness (QED) is 0.470. The van der Waals surface area contributed by atoms with E-state index >= 15 is 0 Å². The van der Waals surface area contributed by atoms with E-state index in [1.54, 1.807) is 49.8 Å². The van der Waals surface area contributed by atoms with Crippen LogP contribution in [0.4, 0.5) is 10.6 Å². The zero-order chi connectivity index (χ0) is 23.0. The fourth-order valence-electron chi connectivity index (χ4n) is 3.42. The van der Waals surface area contributed by atoms with Crippen molar-refractivity contribution in [2.24, 2.45) is 0 Å². The van der Waals surface area contributed by atoms with Gasteiger partial charge in [0.15, 0.2) is 11.4 Å². The Morgan fingerprint density at radius 2 is 1.84 bits per heavy atom. The van der Waals surface area contributed by atoms with Gasteiger partial charge in [0.2, 0.25) is 0 Å². The van der Waals surface area contributed by atoms with Crippen molar-refractivity contribution in [3.8, 4) is 11.1 Å². The molecule has 164 valence electrons. The maximum atomic E-state index is 12.1. The summed E-state index contributed by atoms with van der Waals surface area (Å²) in [6.45, 7) is 9.13. The van der Waals surface area contributed by atoms with Crippen molar-refractivity contribution in [1.82, 2.24) is 24.6 Å². The molecule has 0 aliphatic heterocycles. The molecule has 32 heavy (non-hydrogen) atoms. The molecule has 0 unspecified atom stereocenters. The summed E-state index contributed by atoms with van der Waals surface area (Å²) in [5.74, 6) is 0.344. The number of fused-ring (bicyclic) bond motifs is 3. The molecule has 0 aromatic carbocycles. The van der Waals surface area contributed by atoms with Gasteiger partial charge in [-0.25, -0.2) is 19.3 Å². The highest BCUT2D eigenvalue weighted by atomic mass is 16.6. The monoisotopic (exact) mass is 432 g/mol. The van der Waals surface area contributed by atoms with Crippen LogP contribution in [0.3, 0.4) is 0 Å². The second kappa shape index (κ2) is 7.99. The first-order chi connectivity index (χ1) is 15.2. The number of anilines is 1. The lowest BCUT2D eigenvalue weighted by Gasteiger charge is -2.19. The third kappa shape index (κ3) is 4.14. The number of nitrogens with zero attached hydrogens (tertiary/aromatic N) is 5. The SMILES string of the molecule is CCC(=O)c1cc(C)c(-c2cc3cnc(NC(=O)OC(C)(C)C)cc3n3ncnc23)cn1. The summed E-state index contributed by atoms with van der Waals surface area (Å²) in [5.41, 5.74) is 3.79. The van der Waals surface area contributed by atoms with Crippen LogP contribution in [0.1, 0.15) is 50.2 Å². The van der Waals surface area contributed by atoms with E-state index in [4.69, 9.17) is 4.74 Å². The molecule has 0 fully saturated rings. The zero-order valence-electron chi connectivity index (χ0n) is 18.6. The van der Waals surface area contributed by atoms with Gasteiger partial charge < -0.3 is 4.74 Å². The number of hydrogen-bond acceptors (Lipinski definition) is 7. The molecule has 1 N–H and O–H groups in total. The molecule has 9 nitrogen and oxygen atoms in total. The minimum atomic E-state index is -0.613. The van der Waals surface area contributed by atoms with Crippen molar-refractivity contribution in [1.29, 1.82) is 0 Å². The van der Waals surface area contributed by atoms with Gasteiger partial charge >= 0.3 is 6.09 Å². The van der Waals surface area contributed by atoms with Gasteiger partial charge in [0.1, 0.15) is 23.4 Å². The van der Waals surface area contributed by atoms with Crippen LogP contribution in [0.2, 0.25) is 0 Å². The summed E-state index contributed by atoms with van der Waals surface area (Å²) in [6, 6.07) is 5.47. The maximum Gasteiger partial charge on any atom is 0.413 e. The smallest absolute Gasteiger partial charge is 0.413 e. The first-order valence-electron chi connectivity index (χ1n) is 10.3. The maximum absolute atomic E-state index is 12.1. The number of aromatic nitrogens is 5. The van der Waals surface area contributed by atoms with E-state index in [9.17, 15) is 9.59 Å². The molecular formula is C23H24N6O3. The van der Waals surface area contributed by atoms with Gasteiger partial charge in [0.05, 0.1) is 5.52 Å². The normalized spacial score (nSPS) is 11.7. The van der Waals surface area contributed by atoms with Crippen LogP contribution in [0.25, 0.3) is 27.7 Å². The Balaban J connectivity index is 1.78. The average molecular weight is 432 g/mol. The Kier molecular flexibility index (Phi) is 5.33. The Labute approximate surface area is 184 Å². The predicted molar refractivity (Wildman–Crippen MR) is 121 cm³/mol. The van der Waals surface area contributed by atoms with Crippen molar-refractivity contribution in [2.75, 3.05) is 5.32 Å². The molecule has 9 heteroatoms. The molecule has 4 aromatic heterocycles. The van der Waals surface area contributed by atoms with E-state index < -0.39 is 11.7 Å². The minimum Gasteiger partial charge on any atom is -0.444 e. The summed E-state index contributed by atoms with van der Waals surface area (Å²) in [7, 11) is 0. The molecule has 1 amide bonds. The molecule has 4 aromatic rings. The number of pyridine rings is 3. The number of aryl methyl sites for hydroxylation is 1. The summed E-state index contributed by atoms with van der Waals surface area (Å²) < 4.78 is 6.99. The lowest BCUT2D eigenvalue weighted by molar-refractivity contribution is 0.0635. The Morgan fingerprint density at radius 1 is 1.06 bits per heavy atom. The van der Waals surface area contributed by atoms with Crippen molar-refractivity contribution < 1.29 is 14.3 Å². The van der Waals surface area contributed by atoms with E-state index in [0.29, 0.717) is 23.6 Å². The second-order valence-electron chi connectivity index (χ2n) is 8.47. The van der Waals surface area contributed by atoms with Crippen LogP contribution in [-0.2, 0) is 4.74 Å². The number of Topliss-reactive ketones (excluding diaryl/α,β-unsaturated/α-hetero) is 1. The third-order valence-electron chi connectivity index (χ3n) is 4.87. The minimum absolute atomic E-state index is 0.00000264. The molecule has 0 saturated heterocycles. The number of carbonyl (C=O) groups excluding carboxylic acids is 2. The largest absolute Gasteiger partial charge is 0.444 e. The number of amides is 1. The highest BCUT2D eigenvalue weighted by Crippen LogP contribution is 2.31. The van der Waals surface area contributed by atoms with Crippen molar-refractivity contribution >= 4 is 34.2 Å². The van der Waals surface area contributed by atoms with E-state index in [0.717, 1.165) is 27.6 Å². The third-order valence-corrected chi connectivity index (χ3v) is 4.87. The van der Waals surface area contributed by atoms with Gasteiger partial charge in [-0.05, 0) is 45.4 Å². The van der Waals surface area contributed by atoms with Crippen molar-refractivity contribution in [3.63, 3.8) is 0 Å². The summed E-state index contributed by atoms with van der Waals surface area (Å²) in [4.78, 5) is 37.2. The highest BCUT2D eigenvalue weighted by Gasteiger charge is 2.18. The molecular weight excluding hydrogens is 408 g/mol. The molecule has 0 atom stereocenters. The Morgan fingerprint density at radius 3 is 2.53 bits per heavy atom. The van der Waals surface area contributed by atoms with Crippen molar-refractivity contribution in [2.45, 2.75) is 46.6 Å². The molecule has 0 bridgehead atoms. The van der Waals surface area contributed by atoms with Gasteiger partial charge in [0.25, 0.3) is 0 Å². The Bertz CT molecular complexity index is 1350. The molecule has 0 spiro atoms. The van der Waals surface area contributed by atoms with E-state index in [1.165, 1.54) is 6.33 Å². The standard InChI is InChI=1S/C23H24N6O3/c1-6-19(30)17-7-13(2)16(11-24-17)15-8-14-10-25-20(28-22(31)32-23(3,4)5)9-18(14)29-21(15)26-12-27-29/h7-12H,6H2,1-5H3,(H,25,28,31). The summed E-state index contributed by atoms with van der Waals surface area (Å²) in [5, 5.41) is 7.82. The van der Waals surface area contributed by atoms with E-state index in [1.807, 2.05) is 19.9 Å². The van der Waals surface area contributed by atoms with Gasteiger partial charge in [-0.15, -0.1) is 0 Å².